The molecule has 0 saturated carbocycles. The molecule has 720 valence electrons. The minimum Gasteiger partial charge on any atom is -0.466 e. The van der Waals surface area contributed by atoms with E-state index in [-0.39, 0.29) is 48.0 Å². The van der Waals surface area contributed by atoms with Crippen LogP contribution in [0.4, 0.5) is 9.59 Å². The molecule has 0 atom stereocenters. The summed E-state index contributed by atoms with van der Waals surface area (Å²) in [6.45, 7) is 32.3. The first kappa shape index (κ1) is 119. The van der Waals surface area contributed by atoms with Crippen LogP contribution in [0.1, 0.15) is 520 Å². The van der Waals surface area contributed by atoms with Crippen LogP contribution in [0, 0.1) is 5.41 Å². The molecule has 20 nitrogen and oxygen atoms in total. The van der Waals surface area contributed by atoms with E-state index in [2.05, 4.69) is 72.3 Å². The fourth-order valence-electron chi connectivity index (χ4n) is 15.4. The fourth-order valence-corrected chi connectivity index (χ4v) is 15.4. The van der Waals surface area contributed by atoms with Crippen LogP contribution in [0.25, 0.3) is 0 Å². The molecule has 0 aliphatic heterocycles. The maximum atomic E-state index is 13.0. The number of esters is 4. The summed E-state index contributed by atoms with van der Waals surface area (Å²) in [5.74, 6) is -0.0689. The topological polar surface area (TPSA) is 263 Å². The smallest absolute Gasteiger partial charge is 0.414 e. The third-order valence-electron chi connectivity index (χ3n) is 22.7. The Morgan fingerprint density at radius 1 is 0.311 bits per heavy atom. The number of hydrogen-bond acceptors (Lipinski definition) is 16. The third-order valence-corrected chi connectivity index (χ3v) is 22.7. The molecule has 0 rings (SSSR count). The summed E-state index contributed by atoms with van der Waals surface area (Å²) in [5, 5.41) is 15.5. The Morgan fingerprint density at radius 3 is 0.828 bits per heavy atom. The minimum absolute atomic E-state index is 0.00301. The van der Waals surface area contributed by atoms with Gasteiger partial charge in [0.15, 0.2) is 5.96 Å². The highest BCUT2D eigenvalue weighted by Gasteiger charge is 2.23. The van der Waals surface area contributed by atoms with Gasteiger partial charge < -0.3 is 49.3 Å². The molecule has 0 aromatic rings. The number of hydrogen-bond donors (Lipinski definition) is 5. The Morgan fingerprint density at radius 2 is 0.549 bits per heavy atom. The highest BCUT2D eigenvalue weighted by Crippen LogP contribution is 2.23. The van der Waals surface area contributed by atoms with Crippen LogP contribution in [-0.2, 0) is 47.6 Å². The molecular formula is C102H200N8O12. The predicted molar refractivity (Wildman–Crippen MR) is 514 cm³/mol. The van der Waals surface area contributed by atoms with E-state index in [1.54, 1.807) is 41.5 Å². The summed E-state index contributed by atoms with van der Waals surface area (Å²) in [7, 11) is 0. The number of ether oxygens (including phenoxy) is 6. The maximum absolute atomic E-state index is 13.0. The van der Waals surface area contributed by atoms with Crippen LogP contribution in [0.15, 0.2) is 4.99 Å². The second kappa shape index (κ2) is 89.7. The van der Waals surface area contributed by atoms with Gasteiger partial charge in [0.2, 0.25) is 5.96 Å². The Hall–Kier alpha value is -4.72. The molecule has 0 aromatic carbocycles. The van der Waals surface area contributed by atoms with Gasteiger partial charge in [-0.3, -0.25) is 40.2 Å². The molecule has 2 amide bonds. The van der Waals surface area contributed by atoms with Gasteiger partial charge >= 0.3 is 36.1 Å². The van der Waals surface area contributed by atoms with Crippen molar-refractivity contribution in [2.45, 2.75) is 543 Å². The highest BCUT2D eigenvalue weighted by atomic mass is 16.6. The second-order valence-electron chi connectivity index (χ2n) is 37.4. The van der Waals surface area contributed by atoms with Gasteiger partial charge in [0.1, 0.15) is 23.4 Å². The van der Waals surface area contributed by atoms with E-state index in [1.807, 2.05) is 0 Å². The van der Waals surface area contributed by atoms with E-state index in [9.17, 15) is 28.8 Å². The van der Waals surface area contributed by atoms with Crippen LogP contribution < -0.4 is 21.7 Å². The fraction of sp³-hybridized carbons (Fsp3) is 0.922. The van der Waals surface area contributed by atoms with Gasteiger partial charge in [0.25, 0.3) is 0 Å². The first-order chi connectivity index (χ1) is 59.0. The van der Waals surface area contributed by atoms with Crippen molar-refractivity contribution in [1.29, 1.82) is 5.41 Å². The lowest BCUT2D eigenvalue weighted by Gasteiger charge is -2.23. The molecule has 0 spiro atoms. The monoisotopic (exact) mass is 1730 g/mol. The number of guanidine groups is 2. The average molecular weight is 1730 g/mol. The van der Waals surface area contributed by atoms with Gasteiger partial charge in [-0.1, -0.05) is 324 Å². The normalized spacial score (nSPS) is 11.6. The van der Waals surface area contributed by atoms with E-state index in [0.717, 1.165) is 219 Å². The van der Waals surface area contributed by atoms with Gasteiger partial charge in [-0.2, -0.15) is 0 Å². The van der Waals surface area contributed by atoms with E-state index in [1.165, 1.54) is 238 Å². The summed E-state index contributed by atoms with van der Waals surface area (Å²) in [6, 6.07) is 0. The summed E-state index contributed by atoms with van der Waals surface area (Å²) in [4.78, 5) is 84.8. The molecule has 0 aliphatic rings. The van der Waals surface area contributed by atoms with Gasteiger partial charge in [-0.15, -0.1) is 0 Å². The van der Waals surface area contributed by atoms with Crippen molar-refractivity contribution in [2.24, 2.45) is 10.7 Å². The SMILES string of the molecule is CCCCCCCCCOC(=O)CCCCCCCN(CCCCCCCC(=O)OC(CCCCCCCC)CCCCCCCC)CCCN=C(NC(=O)OC(C)(C)C)NC(=O)OC(C)(C)C.CCCCCCCCCOC(=O)CCCCCCCN(CCCCCCCC(=O)OC(CCCCCCCC)CCCCCCCC)CCCNC(=N)N. The molecule has 6 N–H and O–H groups in total. The van der Waals surface area contributed by atoms with Crippen LogP contribution in [0.3, 0.4) is 0 Å². The summed E-state index contributed by atoms with van der Waals surface area (Å²) < 4.78 is 33.8. The van der Waals surface area contributed by atoms with Crippen molar-refractivity contribution in [3.63, 3.8) is 0 Å². The molecule has 122 heavy (non-hydrogen) atoms. The molecule has 0 unspecified atom stereocenters. The number of carbonyl (C=O) groups excluding carboxylic acids is 6. The van der Waals surface area contributed by atoms with E-state index in [4.69, 9.17) is 39.6 Å². The number of alkyl carbamates (subject to hydrolysis) is 2. The Kier molecular flexibility index (Phi) is 87.7. The first-order valence-corrected chi connectivity index (χ1v) is 51.8. The number of rotatable bonds is 86. The van der Waals surface area contributed by atoms with Gasteiger partial charge in [0.05, 0.1) is 13.2 Å². The van der Waals surface area contributed by atoms with Crippen LogP contribution >= 0.6 is 0 Å². The van der Waals surface area contributed by atoms with Crippen LogP contribution in [0.2, 0.25) is 0 Å². The number of aliphatic imine (C=N–C) groups is 1. The molecule has 0 aromatic heterocycles. The lowest BCUT2D eigenvalue weighted by molar-refractivity contribution is -0.151. The standard InChI is InChI=1S/C56H108N4O8.C46H92N4O4/c1-10-13-16-19-22-31-38-48-65-50(61)42-34-27-23-29-36-45-60(47-39-44-57-52(58-53(63)67-55(4,5)6)59-54(64)68-56(7,8)9)46-37-30-24-28-35-43-51(62)66-49(40-32-25-20-17-14-11-2)41-33-26-21-18-15-12-3;1-4-7-10-13-16-25-32-42-53-44(51)36-28-21-17-23-30-39-50(41-33-38-49-46(47)48)40-31-24-18-22-29-37-45(52)54-43(34-26-19-14-11-8-5-2)35-27-20-15-12-9-6-3/h49H,10-48H2,1-9H3,(H2,57,58,59,63,64);43H,4-42H2,1-3H3,(H4,47,48,49). The molecule has 0 saturated heterocycles. The van der Waals surface area contributed by atoms with Crippen LogP contribution in [-0.4, -0.2) is 147 Å². The molecule has 0 bridgehead atoms. The van der Waals surface area contributed by atoms with Crippen molar-refractivity contribution < 1.29 is 57.2 Å². The third kappa shape index (κ3) is 92.9. The number of nitrogens with zero attached hydrogens (tertiary/aromatic N) is 3. The summed E-state index contributed by atoms with van der Waals surface area (Å²) in [6.07, 6.45) is 75.5. The zero-order valence-corrected chi connectivity index (χ0v) is 82.1. The van der Waals surface area contributed by atoms with Crippen molar-refractivity contribution in [3.8, 4) is 0 Å². The van der Waals surface area contributed by atoms with Crippen molar-refractivity contribution in [3.05, 3.63) is 0 Å². The molecule has 0 aliphatic carbocycles. The second-order valence-corrected chi connectivity index (χ2v) is 37.4. The Labute approximate surface area is 751 Å². The average Bonchev–Trinajstić information content (AvgIpc) is 0.899. The lowest BCUT2D eigenvalue weighted by atomic mass is 10.0. The number of unbranched alkanes of at least 4 members (excludes halogenated alkanes) is 48. The van der Waals surface area contributed by atoms with E-state index < -0.39 is 23.4 Å². The quantitative estimate of drug-likeness (QED) is 0.0125. The minimum atomic E-state index is -0.713. The summed E-state index contributed by atoms with van der Waals surface area (Å²) in [5.41, 5.74) is 4.05. The zero-order valence-electron chi connectivity index (χ0n) is 82.1. The molecule has 20 heteroatoms. The largest absolute Gasteiger partial charge is 0.466 e. The number of carbonyl (C=O) groups is 6. The molecule has 0 fully saturated rings. The van der Waals surface area contributed by atoms with Crippen LogP contribution in [0.5, 0.6) is 0 Å². The first-order valence-electron chi connectivity index (χ1n) is 51.8. The maximum Gasteiger partial charge on any atom is 0.414 e. The van der Waals surface area contributed by atoms with Crippen molar-refractivity contribution in [1.82, 2.24) is 25.8 Å². The number of nitrogens with one attached hydrogen (secondary N) is 4. The summed E-state index contributed by atoms with van der Waals surface area (Å²) >= 11 is 0. The van der Waals surface area contributed by atoms with Crippen molar-refractivity contribution >= 4 is 48.0 Å². The van der Waals surface area contributed by atoms with Gasteiger partial charge in [-0.25, -0.2) is 9.59 Å². The predicted octanol–water partition coefficient (Wildman–Crippen LogP) is 28.0. The van der Waals surface area contributed by atoms with E-state index >= 15 is 0 Å². The molecular weight excluding hydrogens is 1530 g/mol. The number of nitrogens with two attached hydrogens (primary N) is 1. The zero-order chi connectivity index (χ0) is 90.2. The highest BCUT2D eigenvalue weighted by molar-refractivity contribution is 6.01. The van der Waals surface area contributed by atoms with Gasteiger partial charge in [-0.05, 0) is 209 Å². The Balaban J connectivity index is 0. The van der Waals surface area contributed by atoms with Crippen molar-refractivity contribution in [2.75, 3.05) is 65.6 Å². The van der Waals surface area contributed by atoms with Gasteiger partial charge in [0, 0.05) is 38.8 Å². The number of amides is 2. The molecule has 0 heterocycles. The lowest BCUT2D eigenvalue weighted by Crippen LogP contribution is -2.47. The molecule has 0 radical (unpaired) electrons. The van der Waals surface area contributed by atoms with E-state index in [0.29, 0.717) is 45.4 Å². The Bertz CT molecular complexity index is 2340.